The number of rotatable bonds is 7. The average Bonchev–Trinajstić information content (AvgIpc) is 2.93. The van der Waals surface area contributed by atoms with Crippen molar-refractivity contribution in [3.63, 3.8) is 0 Å². The van der Waals surface area contributed by atoms with Crippen molar-refractivity contribution in [2.24, 2.45) is 5.41 Å². The van der Waals surface area contributed by atoms with Gasteiger partial charge >= 0.3 is 6.09 Å². The minimum absolute atomic E-state index is 0.0102. The second-order valence-corrected chi connectivity index (χ2v) is 7.81. The maximum Gasteiger partial charge on any atom is 0.426 e. The third-order valence-corrected chi connectivity index (χ3v) is 5.11. The highest BCUT2D eigenvalue weighted by Crippen LogP contribution is 2.26. The van der Waals surface area contributed by atoms with Crippen molar-refractivity contribution >= 4 is 17.8 Å². The Bertz CT molecular complexity index is 547. The summed E-state index contributed by atoms with van der Waals surface area (Å²) in [6.45, 7) is 9.74. The van der Waals surface area contributed by atoms with Crippen LogP contribution in [0.4, 0.5) is 4.79 Å². The molecule has 0 bridgehead atoms. The first-order valence-electron chi connectivity index (χ1n) is 9.47. The molecule has 154 valence electrons. The molecule has 2 aliphatic rings. The maximum absolute atomic E-state index is 12.8. The van der Waals surface area contributed by atoms with Gasteiger partial charge in [-0.25, -0.2) is 4.79 Å². The Balaban J connectivity index is 1.99. The molecular formula is C18H31N3O6. The van der Waals surface area contributed by atoms with Crippen LogP contribution in [0.1, 0.15) is 40.5 Å². The molecule has 9 heteroatoms. The van der Waals surface area contributed by atoms with Crippen molar-refractivity contribution in [3.8, 4) is 0 Å². The van der Waals surface area contributed by atoms with Gasteiger partial charge in [-0.15, -0.1) is 5.06 Å². The molecule has 0 saturated carbocycles. The fraction of sp³-hybridized carbons (Fsp3) is 0.833. The van der Waals surface area contributed by atoms with Gasteiger partial charge in [-0.05, 0) is 18.8 Å². The third kappa shape index (κ3) is 6.44. The molecule has 2 aliphatic heterocycles. The lowest BCUT2D eigenvalue weighted by Crippen LogP contribution is -2.54. The largest absolute Gasteiger partial charge is 0.426 e. The number of hydrogen-bond acceptors (Lipinski definition) is 7. The number of carbonyl (C=O) groups excluding carboxylic acids is 3. The van der Waals surface area contributed by atoms with Gasteiger partial charge in [0, 0.05) is 0 Å². The lowest BCUT2D eigenvalue weighted by molar-refractivity contribution is -0.147. The third-order valence-electron chi connectivity index (χ3n) is 5.11. The van der Waals surface area contributed by atoms with Gasteiger partial charge in [0.1, 0.15) is 18.7 Å². The summed E-state index contributed by atoms with van der Waals surface area (Å²) in [5.41, 5.74) is -0.171. The maximum atomic E-state index is 12.8. The van der Waals surface area contributed by atoms with Gasteiger partial charge in [0.05, 0.1) is 32.4 Å². The number of amides is 2. The molecule has 0 unspecified atom stereocenters. The Kier molecular flexibility index (Phi) is 7.58. The van der Waals surface area contributed by atoms with Crippen molar-refractivity contribution in [2.45, 2.75) is 58.7 Å². The lowest BCUT2D eigenvalue weighted by atomic mass is 9.83. The van der Waals surface area contributed by atoms with Crippen molar-refractivity contribution < 1.29 is 28.7 Å². The molecule has 27 heavy (non-hydrogen) atoms. The number of hydroxylamine groups is 2. The van der Waals surface area contributed by atoms with E-state index in [1.54, 1.807) is 6.92 Å². The standard InChI is InChI=1S/C18H31N3O6/c1-5-18(3,4)10-13(16(23)20-15-12(2)26-11-14(15)22)19-17(24)27-21-6-8-25-9-7-21/h12-13,15H,5-11H2,1-4H3,(H,19,24)(H,20,23)/t12-,13-,15-/m0/s1. The summed E-state index contributed by atoms with van der Waals surface area (Å²) in [6, 6.07) is -1.50. The molecule has 3 atom stereocenters. The quantitative estimate of drug-likeness (QED) is 0.662. The summed E-state index contributed by atoms with van der Waals surface area (Å²) >= 11 is 0. The topological polar surface area (TPSA) is 106 Å². The van der Waals surface area contributed by atoms with Crippen LogP contribution >= 0.6 is 0 Å². The fourth-order valence-electron chi connectivity index (χ4n) is 2.94. The molecule has 0 aromatic rings. The molecule has 0 radical (unpaired) electrons. The number of nitrogens with zero attached hydrogens (tertiary/aromatic N) is 1. The van der Waals surface area contributed by atoms with E-state index in [-0.39, 0.29) is 23.9 Å². The highest BCUT2D eigenvalue weighted by molar-refractivity contribution is 5.94. The molecule has 2 N–H and O–H groups in total. The average molecular weight is 385 g/mol. The lowest BCUT2D eigenvalue weighted by Gasteiger charge is -2.30. The molecule has 0 spiro atoms. The van der Waals surface area contributed by atoms with Gasteiger partial charge in [-0.1, -0.05) is 27.2 Å². The number of ketones is 1. The van der Waals surface area contributed by atoms with E-state index in [1.165, 1.54) is 5.06 Å². The number of carbonyl (C=O) groups is 3. The van der Waals surface area contributed by atoms with E-state index in [2.05, 4.69) is 10.6 Å². The highest BCUT2D eigenvalue weighted by atomic mass is 16.7. The Hall–Kier alpha value is -1.71. The molecule has 2 heterocycles. The van der Waals surface area contributed by atoms with E-state index in [1.807, 2.05) is 20.8 Å². The van der Waals surface area contributed by atoms with Gasteiger partial charge < -0.3 is 24.9 Å². The minimum Gasteiger partial charge on any atom is -0.379 e. The molecule has 2 amide bonds. The fourth-order valence-corrected chi connectivity index (χ4v) is 2.94. The van der Waals surface area contributed by atoms with E-state index < -0.39 is 24.1 Å². The monoisotopic (exact) mass is 385 g/mol. The van der Waals surface area contributed by atoms with Crippen LogP contribution in [-0.2, 0) is 23.9 Å². The van der Waals surface area contributed by atoms with Crippen molar-refractivity contribution in [1.82, 2.24) is 15.7 Å². The van der Waals surface area contributed by atoms with Gasteiger partial charge in [-0.2, -0.15) is 0 Å². The number of nitrogens with one attached hydrogen (secondary N) is 2. The Morgan fingerprint density at radius 2 is 2.00 bits per heavy atom. The molecule has 2 rings (SSSR count). The van der Waals surface area contributed by atoms with Crippen molar-refractivity contribution in [1.29, 1.82) is 0 Å². The number of ether oxygens (including phenoxy) is 2. The van der Waals surface area contributed by atoms with Gasteiger partial charge in [0.15, 0.2) is 5.78 Å². The second kappa shape index (κ2) is 9.48. The smallest absolute Gasteiger partial charge is 0.379 e. The number of hydrogen-bond donors (Lipinski definition) is 2. The molecule has 2 fully saturated rings. The summed E-state index contributed by atoms with van der Waals surface area (Å²) in [6.07, 6.45) is 0.176. The zero-order valence-electron chi connectivity index (χ0n) is 16.6. The van der Waals surface area contributed by atoms with Crippen LogP contribution in [0.2, 0.25) is 0 Å². The molecule has 9 nitrogen and oxygen atoms in total. The number of morpholine rings is 1. The molecule has 2 saturated heterocycles. The zero-order chi connectivity index (χ0) is 20.0. The molecular weight excluding hydrogens is 354 g/mol. The van der Waals surface area contributed by atoms with E-state index in [9.17, 15) is 14.4 Å². The van der Waals surface area contributed by atoms with Crippen LogP contribution in [-0.4, -0.2) is 73.9 Å². The normalized spacial score (nSPS) is 25.1. The Labute approximate surface area is 160 Å². The Morgan fingerprint density at radius 3 is 2.56 bits per heavy atom. The highest BCUT2D eigenvalue weighted by Gasteiger charge is 2.37. The van der Waals surface area contributed by atoms with Crippen LogP contribution in [0.3, 0.4) is 0 Å². The SMILES string of the molecule is CCC(C)(C)C[C@H](NC(=O)ON1CCOCC1)C(=O)N[C@@H]1C(=O)CO[C@H]1C. The van der Waals surface area contributed by atoms with Crippen molar-refractivity contribution in [3.05, 3.63) is 0 Å². The van der Waals surface area contributed by atoms with E-state index in [0.717, 1.165) is 6.42 Å². The first-order valence-corrected chi connectivity index (χ1v) is 9.47. The predicted molar refractivity (Wildman–Crippen MR) is 96.8 cm³/mol. The van der Waals surface area contributed by atoms with Crippen LogP contribution in [0.15, 0.2) is 0 Å². The molecule has 0 aliphatic carbocycles. The van der Waals surface area contributed by atoms with Gasteiger partial charge in [-0.3, -0.25) is 9.59 Å². The van der Waals surface area contributed by atoms with Gasteiger partial charge in [0.2, 0.25) is 5.91 Å². The summed E-state index contributed by atoms with van der Waals surface area (Å²) in [5, 5.41) is 6.88. The summed E-state index contributed by atoms with van der Waals surface area (Å²) in [4.78, 5) is 42.2. The van der Waals surface area contributed by atoms with Crippen molar-refractivity contribution in [2.75, 3.05) is 32.9 Å². The van der Waals surface area contributed by atoms with E-state index in [4.69, 9.17) is 14.3 Å². The summed E-state index contributed by atoms with van der Waals surface area (Å²) in [7, 11) is 0. The van der Waals surface area contributed by atoms with Crippen LogP contribution in [0.25, 0.3) is 0 Å². The molecule has 0 aromatic heterocycles. The zero-order valence-corrected chi connectivity index (χ0v) is 16.6. The van der Waals surface area contributed by atoms with Gasteiger partial charge in [0.25, 0.3) is 0 Å². The molecule has 0 aromatic carbocycles. The van der Waals surface area contributed by atoms with Crippen LogP contribution < -0.4 is 10.6 Å². The van der Waals surface area contributed by atoms with Crippen LogP contribution in [0, 0.1) is 5.41 Å². The Morgan fingerprint density at radius 1 is 1.33 bits per heavy atom. The second-order valence-electron chi connectivity index (χ2n) is 7.81. The minimum atomic E-state index is -0.811. The predicted octanol–water partition coefficient (Wildman–Crippen LogP) is 0.627. The van der Waals surface area contributed by atoms with E-state index in [0.29, 0.717) is 32.7 Å². The summed E-state index contributed by atoms with van der Waals surface area (Å²) in [5.74, 6) is -0.577. The number of Topliss-reactive ketones (excluding diaryl/α,β-unsaturated/α-hetero) is 1. The first kappa shape index (κ1) is 21.6. The summed E-state index contributed by atoms with van der Waals surface area (Å²) < 4.78 is 10.5. The van der Waals surface area contributed by atoms with Crippen LogP contribution in [0.5, 0.6) is 0 Å². The van der Waals surface area contributed by atoms with E-state index >= 15 is 0 Å². The first-order chi connectivity index (χ1) is 12.7.